The van der Waals surface area contributed by atoms with Gasteiger partial charge in [-0.3, -0.25) is 0 Å². The van der Waals surface area contributed by atoms with Crippen LogP contribution < -0.4 is 0 Å². The van der Waals surface area contributed by atoms with Crippen LogP contribution in [0.5, 0.6) is 0 Å². The Balaban J connectivity index is 1.79. The zero-order valence-electron chi connectivity index (χ0n) is 13.2. The van der Waals surface area contributed by atoms with Crippen LogP contribution >= 0.6 is 0 Å². The summed E-state index contributed by atoms with van der Waals surface area (Å²) in [6, 6.07) is 21.2. The van der Waals surface area contributed by atoms with Crippen LogP contribution in [0.25, 0.3) is 0 Å². The molecule has 1 heterocycles. The highest BCUT2D eigenvalue weighted by Crippen LogP contribution is 2.74. The van der Waals surface area contributed by atoms with Gasteiger partial charge in [-0.05, 0) is 30.4 Å². The van der Waals surface area contributed by atoms with Gasteiger partial charge in [-0.25, -0.2) is 0 Å². The lowest BCUT2D eigenvalue weighted by Crippen LogP contribution is -2.38. The zero-order valence-corrected chi connectivity index (χ0v) is 13.2. The standard InChI is InChI=1S/C20H22O2/c1-19(16-11-7-4-8-12-16)20(13-17(20)14-22-19)18(21-2)15-9-5-3-6-10-15/h3-12,17-18H,13-14H2,1-2H3/t17-,18+,19-,20-/m1/s1. The maximum Gasteiger partial charge on any atom is 0.0991 e. The summed E-state index contributed by atoms with van der Waals surface area (Å²) in [6.45, 7) is 3.07. The van der Waals surface area contributed by atoms with Crippen molar-refractivity contribution in [3.05, 3.63) is 71.8 Å². The second kappa shape index (κ2) is 4.94. The average Bonchev–Trinajstić information content (AvgIpc) is 3.24. The quantitative estimate of drug-likeness (QED) is 0.836. The van der Waals surface area contributed by atoms with Gasteiger partial charge in [0.05, 0.1) is 18.3 Å². The van der Waals surface area contributed by atoms with Crippen LogP contribution in [0.2, 0.25) is 0 Å². The van der Waals surface area contributed by atoms with Gasteiger partial charge in [0.1, 0.15) is 0 Å². The van der Waals surface area contributed by atoms with E-state index in [1.54, 1.807) is 0 Å². The summed E-state index contributed by atoms with van der Waals surface area (Å²) in [5.74, 6) is 0.586. The Kier molecular flexibility index (Phi) is 3.14. The summed E-state index contributed by atoms with van der Waals surface area (Å²) in [5.41, 5.74) is 2.27. The fourth-order valence-electron chi connectivity index (χ4n) is 4.49. The van der Waals surface area contributed by atoms with Gasteiger partial charge in [-0.15, -0.1) is 0 Å². The lowest BCUT2D eigenvalue weighted by Gasteiger charge is -2.39. The molecule has 2 aliphatic rings. The van der Waals surface area contributed by atoms with Gasteiger partial charge >= 0.3 is 0 Å². The zero-order chi connectivity index (χ0) is 15.2. The van der Waals surface area contributed by atoms with Crippen LogP contribution in [0, 0.1) is 11.3 Å². The Morgan fingerprint density at radius 1 is 1.05 bits per heavy atom. The minimum absolute atomic E-state index is 0.0461. The van der Waals surface area contributed by atoms with Crippen LogP contribution in [-0.2, 0) is 15.1 Å². The van der Waals surface area contributed by atoms with Crippen molar-refractivity contribution in [1.29, 1.82) is 0 Å². The van der Waals surface area contributed by atoms with E-state index in [2.05, 4.69) is 67.6 Å². The van der Waals surface area contributed by atoms with Gasteiger partial charge in [-0.1, -0.05) is 60.7 Å². The molecule has 2 aromatic carbocycles. The molecule has 22 heavy (non-hydrogen) atoms. The van der Waals surface area contributed by atoms with E-state index in [9.17, 15) is 0 Å². The summed E-state index contributed by atoms with van der Waals surface area (Å²) >= 11 is 0. The van der Waals surface area contributed by atoms with Gasteiger partial charge < -0.3 is 9.47 Å². The van der Waals surface area contributed by atoms with Crippen molar-refractivity contribution in [2.75, 3.05) is 13.7 Å². The lowest BCUT2D eigenvalue weighted by atomic mass is 9.74. The van der Waals surface area contributed by atoms with Crippen molar-refractivity contribution < 1.29 is 9.47 Å². The van der Waals surface area contributed by atoms with Crippen LogP contribution in [-0.4, -0.2) is 13.7 Å². The SMILES string of the molecule is CO[C@@H](c1ccccc1)[C@@]12C[C@@H]1CO[C@]2(C)c1ccccc1. The number of fused-ring (bicyclic) bond motifs is 1. The highest BCUT2D eigenvalue weighted by Gasteiger charge is 2.74. The van der Waals surface area contributed by atoms with E-state index in [0.29, 0.717) is 5.92 Å². The Hall–Kier alpha value is -1.64. The van der Waals surface area contributed by atoms with E-state index < -0.39 is 0 Å². The van der Waals surface area contributed by atoms with Crippen molar-refractivity contribution in [3.8, 4) is 0 Å². The lowest BCUT2D eigenvalue weighted by molar-refractivity contribution is -0.0976. The highest BCUT2D eigenvalue weighted by atomic mass is 16.5. The van der Waals surface area contributed by atoms with Crippen LogP contribution in [0.3, 0.4) is 0 Å². The van der Waals surface area contributed by atoms with Gasteiger partial charge in [0.2, 0.25) is 0 Å². The number of ether oxygens (including phenoxy) is 2. The average molecular weight is 294 g/mol. The van der Waals surface area contributed by atoms with Crippen LogP contribution in [0.1, 0.15) is 30.6 Å². The molecule has 2 nitrogen and oxygen atoms in total. The molecule has 114 valence electrons. The third-order valence-corrected chi connectivity index (χ3v) is 5.74. The molecule has 1 aliphatic heterocycles. The first kappa shape index (κ1) is 14.0. The fraction of sp³-hybridized carbons (Fsp3) is 0.400. The first-order valence-corrected chi connectivity index (χ1v) is 7.99. The molecule has 2 fully saturated rings. The normalized spacial score (nSPS) is 34.2. The molecule has 1 saturated heterocycles. The molecule has 0 aromatic heterocycles. The summed E-state index contributed by atoms with van der Waals surface area (Å²) in [4.78, 5) is 0. The predicted octanol–water partition coefficient (Wildman–Crippen LogP) is 4.33. The summed E-state index contributed by atoms with van der Waals surface area (Å²) in [5, 5.41) is 0. The number of benzene rings is 2. The van der Waals surface area contributed by atoms with Gasteiger partial charge in [0.15, 0.2) is 0 Å². The van der Waals surface area contributed by atoms with Gasteiger partial charge in [0.25, 0.3) is 0 Å². The van der Waals surface area contributed by atoms with Crippen LogP contribution in [0.4, 0.5) is 0 Å². The molecule has 1 saturated carbocycles. The third-order valence-electron chi connectivity index (χ3n) is 5.74. The largest absolute Gasteiger partial charge is 0.376 e. The Bertz CT molecular complexity index is 654. The van der Waals surface area contributed by atoms with Crippen molar-refractivity contribution in [2.45, 2.75) is 25.0 Å². The number of hydrogen-bond donors (Lipinski definition) is 0. The summed E-state index contributed by atoms with van der Waals surface area (Å²) in [6.07, 6.45) is 1.25. The monoisotopic (exact) mass is 294 g/mol. The van der Waals surface area contributed by atoms with Crippen molar-refractivity contribution in [3.63, 3.8) is 0 Å². The molecule has 0 radical (unpaired) electrons. The minimum Gasteiger partial charge on any atom is -0.376 e. The summed E-state index contributed by atoms with van der Waals surface area (Å²) in [7, 11) is 1.82. The van der Waals surface area contributed by atoms with Gasteiger partial charge in [0, 0.05) is 12.5 Å². The Labute approximate surface area is 132 Å². The molecule has 1 aliphatic carbocycles. The van der Waals surface area contributed by atoms with E-state index in [4.69, 9.17) is 9.47 Å². The molecule has 0 bridgehead atoms. The van der Waals surface area contributed by atoms with E-state index in [1.165, 1.54) is 17.5 Å². The topological polar surface area (TPSA) is 18.5 Å². The first-order valence-electron chi connectivity index (χ1n) is 7.99. The minimum atomic E-state index is -0.282. The van der Waals surface area contributed by atoms with Gasteiger partial charge in [-0.2, -0.15) is 0 Å². The fourth-order valence-corrected chi connectivity index (χ4v) is 4.49. The van der Waals surface area contributed by atoms with E-state index in [-0.39, 0.29) is 17.1 Å². The molecular formula is C20H22O2. The highest BCUT2D eigenvalue weighted by molar-refractivity contribution is 5.36. The molecule has 0 N–H and O–H groups in total. The number of rotatable bonds is 4. The number of hydrogen-bond acceptors (Lipinski definition) is 2. The second-order valence-electron chi connectivity index (χ2n) is 6.68. The maximum atomic E-state index is 6.32. The first-order chi connectivity index (χ1) is 10.7. The molecule has 0 spiro atoms. The smallest absolute Gasteiger partial charge is 0.0991 e. The Morgan fingerprint density at radius 3 is 2.27 bits per heavy atom. The third kappa shape index (κ3) is 1.74. The molecule has 2 heteroatoms. The van der Waals surface area contributed by atoms with Crippen molar-refractivity contribution in [1.82, 2.24) is 0 Å². The molecular weight excluding hydrogens is 272 g/mol. The summed E-state index contributed by atoms with van der Waals surface area (Å²) < 4.78 is 12.3. The predicted molar refractivity (Wildman–Crippen MR) is 86.5 cm³/mol. The maximum absolute atomic E-state index is 6.32. The van der Waals surface area contributed by atoms with Crippen LogP contribution in [0.15, 0.2) is 60.7 Å². The van der Waals surface area contributed by atoms with Crippen molar-refractivity contribution in [2.24, 2.45) is 11.3 Å². The molecule has 4 rings (SSSR count). The second-order valence-corrected chi connectivity index (χ2v) is 6.68. The Morgan fingerprint density at radius 2 is 1.68 bits per heavy atom. The van der Waals surface area contributed by atoms with E-state index in [0.717, 1.165) is 6.61 Å². The van der Waals surface area contributed by atoms with E-state index >= 15 is 0 Å². The van der Waals surface area contributed by atoms with Crippen molar-refractivity contribution >= 4 is 0 Å². The molecule has 4 atom stereocenters. The number of methoxy groups -OCH3 is 1. The molecule has 0 unspecified atom stereocenters. The van der Waals surface area contributed by atoms with E-state index in [1.807, 2.05) is 7.11 Å². The molecule has 0 amide bonds. The molecule has 2 aromatic rings.